The highest BCUT2D eigenvalue weighted by atomic mass is 32.1. The van der Waals surface area contributed by atoms with Crippen LogP contribution in [0, 0.1) is 0 Å². The third-order valence-electron chi connectivity index (χ3n) is 2.14. The first-order chi connectivity index (χ1) is 7.70. The molecule has 0 aliphatic heterocycles. The van der Waals surface area contributed by atoms with E-state index in [1.54, 1.807) is 18.3 Å². The standard InChI is InChI=1S/C12H10O2S2/c1-8(14)10-4-5-12(16-10)11-3-2-9(15-11)6-7-13/h2-5,7H,6H2,1H3. The maximum Gasteiger partial charge on any atom is 0.169 e. The van der Waals surface area contributed by atoms with Crippen molar-refractivity contribution in [2.24, 2.45) is 0 Å². The molecule has 0 saturated carbocycles. The molecule has 2 rings (SSSR count). The maximum atomic E-state index is 11.2. The molecule has 0 saturated heterocycles. The van der Waals surface area contributed by atoms with Crippen molar-refractivity contribution < 1.29 is 9.59 Å². The summed E-state index contributed by atoms with van der Waals surface area (Å²) < 4.78 is 0. The summed E-state index contributed by atoms with van der Waals surface area (Å²) >= 11 is 3.10. The van der Waals surface area contributed by atoms with Gasteiger partial charge in [-0.2, -0.15) is 0 Å². The van der Waals surface area contributed by atoms with Crippen LogP contribution in [0.25, 0.3) is 9.75 Å². The summed E-state index contributed by atoms with van der Waals surface area (Å²) in [5, 5.41) is 0. The first-order valence-electron chi connectivity index (χ1n) is 4.84. The van der Waals surface area contributed by atoms with Crippen molar-refractivity contribution in [1.82, 2.24) is 0 Å². The van der Waals surface area contributed by atoms with Crippen LogP contribution in [-0.2, 0) is 11.2 Å². The Kier molecular flexibility index (Phi) is 3.31. The van der Waals surface area contributed by atoms with Gasteiger partial charge < -0.3 is 4.79 Å². The number of rotatable bonds is 4. The molecular formula is C12H10O2S2. The normalized spacial score (nSPS) is 10.3. The van der Waals surface area contributed by atoms with Crippen LogP contribution in [0.4, 0.5) is 0 Å². The Morgan fingerprint density at radius 3 is 2.50 bits per heavy atom. The molecule has 0 fully saturated rings. The molecule has 0 amide bonds. The molecule has 2 aromatic heterocycles. The first-order valence-corrected chi connectivity index (χ1v) is 6.47. The van der Waals surface area contributed by atoms with E-state index in [9.17, 15) is 9.59 Å². The van der Waals surface area contributed by atoms with Crippen molar-refractivity contribution in [2.45, 2.75) is 13.3 Å². The van der Waals surface area contributed by atoms with Gasteiger partial charge in [-0.15, -0.1) is 22.7 Å². The zero-order valence-corrected chi connectivity index (χ0v) is 10.4. The number of aldehydes is 1. The van der Waals surface area contributed by atoms with E-state index in [0.29, 0.717) is 6.42 Å². The predicted octanol–water partition coefficient (Wildman–Crippen LogP) is 3.42. The number of hydrogen-bond acceptors (Lipinski definition) is 4. The SMILES string of the molecule is CC(=O)c1ccc(-c2ccc(CC=O)s2)s1. The molecule has 0 aliphatic carbocycles. The molecule has 4 heteroatoms. The molecule has 0 radical (unpaired) electrons. The summed E-state index contributed by atoms with van der Waals surface area (Å²) in [5.41, 5.74) is 0. The van der Waals surface area contributed by atoms with Crippen molar-refractivity contribution in [3.63, 3.8) is 0 Å². The van der Waals surface area contributed by atoms with Crippen LogP contribution in [0.5, 0.6) is 0 Å². The van der Waals surface area contributed by atoms with Gasteiger partial charge in [0, 0.05) is 21.1 Å². The fraction of sp³-hybridized carbons (Fsp3) is 0.167. The van der Waals surface area contributed by atoms with Gasteiger partial charge >= 0.3 is 0 Å². The largest absolute Gasteiger partial charge is 0.303 e. The first kappa shape index (κ1) is 11.2. The molecule has 82 valence electrons. The van der Waals surface area contributed by atoms with Gasteiger partial charge in [-0.25, -0.2) is 0 Å². The van der Waals surface area contributed by atoms with Gasteiger partial charge in [0.05, 0.1) is 4.88 Å². The summed E-state index contributed by atoms with van der Waals surface area (Å²) in [4.78, 5) is 25.6. The van der Waals surface area contributed by atoms with Gasteiger partial charge in [0.25, 0.3) is 0 Å². The lowest BCUT2D eigenvalue weighted by molar-refractivity contribution is -0.107. The van der Waals surface area contributed by atoms with Crippen LogP contribution in [0.15, 0.2) is 24.3 Å². The van der Waals surface area contributed by atoms with E-state index in [4.69, 9.17) is 0 Å². The average Bonchev–Trinajstić information content (AvgIpc) is 2.84. The van der Waals surface area contributed by atoms with Crippen LogP contribution in [0.1, 0.15) is 21.5 Å². The van der Waals surface area contributed by atoms with Crippen molar-refractivity contribution in [2.75, 3.05) is 0 Å². The van der Waals surface area contributed by atoms with Gasteiger partial charge in [0.15, 0.2) is 5.78 Å². The van der Waals surface area contributed by atoms with Crippen LogP contribution in [0.3, 0.4) is 0 Å². The minimum Gasteiger partial charge on any atom is -0.303 e. The second-order valence-electron chi connectivity index (χ2n) is 3.36. The van der Waals surface area contributed by atoms with Crippen molar-refractivity contribution in [3.8, 4) is 9.75 Å². The Labute approximate surface area is 102 Å². The molecule has 0 aromatic carbocycles. The molecule has 2 heterocycles. The molecule has 0 N–H and O–H groups in total. The fourth-order valence-electron chi connectivity index (χ4n) is 1.36. The molecule has 2 aromatic rings. The smallest absolute Gasteiger partial charge is 0.169 e. The Morgan fingerprint density at radius 1 is 1.19 bits per heavy atom. The molecule has 0 spiro atoms. The van der Waals surface area contributed by atoms with E-state index >= 15 is 0 Å². The van der Waals surface area contributed by atoms with Crippen LogP contribution < -0.4 is 0 Å². The molecular weight excluding hydrogens is 240 g/mol. The van der Waals surface area contributed by atoms with E-state index in [0.717, 1.165) is 25.8 Å². The Morgan fingerprint density at radius 2 is 1.88 bits per heavy atom. The Hall–Kier alpha value is -1.26. The minimum atomic E-state index is 0.0981. The Bertz CT molecular complexity index is 523. The van der Waals surface area contributed by atoms with E-state index in [2.05, 4.69) is 0 Å². The van der Waals surface area contributed by atoms with Gasteiger partial charge in [0.1, 0.15) is 6.29 Å². The number of carbonyl (C=O) groups excluding carboxylic acids is 2. The fourth-order valence-corrected chi connectivity index (χ4v) is 3.31. The van der Waals surface area contributed by atoms with E-state index in [1.165, 1.54) is 11.3 Å². The van der Waals surface area contributed by atoms with Gasteiger partial charge in [-0.1, -0.05) is 0 Å². The van der Waals surface area contributed by atoms with Crippen LogP contribution >= 0.6 is 22.7 Å². The summed E-state index contributed by atoms with van der Waals surface area (Å²) in [6.45, 7) is 1.57. The highest BCUT2D eigenvalue weighted by Gasteiger charge is 2.08. The lowest BCUT2D eigenvalue weighted by atomic mass is 10.3. The number of carbonyl (C=O) groups is 2. The van der Waals surface area contributed by atoms with Crippen molar-refractivity contribution in [3.05, 3.63) is 34.0 Å². The van der Waals surface area contributed by atoms with Crippen molar-refractivity contribution in [1.29, 1.82) is 0 Å². The monoisotopic (exact) mass is 250 g/mol. The average molecular weight is 250 g/mol. The number of hydrogen-bond donors (Lipinski definition) is 0. The molecule has 16 heavy (non-hydrogen) atoms. The van der Waals surface area contributed by atoms with E-state index < -0.39 is 0 Å². The second kappa shape index (κ2) is 4.72. The molecule has 0 unspecified atom stereocenters. The highest BCUT2D eigenvalue weighted by molar-refractivity contribution is 7.23. The third kappa shape index (κ3) is 2.28. The highest BCUT2D eigenvalue weighted by Crippen LogP contribution is 2.33. The number of Topliss-reactive ketones (excluding diaryl/α,β-unsaturated/α-hetero) is 1. The molecule has 2 nitrogen and oxygen atoms in total. The quantitative estimate of drug-likeness (QED) is 0.615. The van der Waals surface area contributed by atoms with Crippen molar-refractivity contribution >= 4 is 34.7 Å². The summed E-state index contributed by atoms with van der Waals surface area (Å²) in [6, 6.07) is 7.76. The van der Waals surface area contributed by atoms with E-state index in [1.807, 2.05) is 24.3 Å². The summed E-state index contributed by atoms with van der Waals surface area (Å²) in [5.74, 6) is 0.0981. The second-order valence-corrected chi connectivity index (χ2v) is 5.61. The molecule has 0 bridgehead atoms. The topological polar surface area (TPSA) is 34.1 Å². The van der Waals surface area contributed by atoms with E-state index in [-0.39, 0.29) is 5.78 Å². The van der Waals surface area contributed by atoms with Gasteiger partial charge in [-0.3, -0.25) is 4.79 Å². The minimum absolute atomic E-state index is 0.0981. The lowest BCUT2D eigenvalue weighted by Crippen LogP contribution is -1.83. The lowest BCUT2D eigenvalue weighted by Gasteiger charge is -1.89. The predicted molar refractivity (Wildman–Crippen MR) is 67.4 cm³/mol. The zero-order valence-electron chi connectivity index (χ0n) is 8.73. The van der Waals surface area contributed by atoms with Gasteiger partial charge in [0.2, 0.25) is 0 Å². The molecule has 0 atom stereocenters. The number of thiophene rings is 2. The van der Waals surface area contributed by atoms with Gasteiger partial charge in [-0.05, 0) is 31.2 Å². The summed E-state index contributed by atoms with van der Waals surface area (Å²) in [7, 11) is 0. The third-order valence-corrected chi connectivity index (χ3v) is 4.63. The zero-order chi connectivity index (χ0) is 11.5. The van der Waals surface area contributed by atoms with Crippen LogP contribution in [-0.4, -0.2) is 12.1 Å². The summed E-state index contributed by atoms with van der Waals surface area (Å²) in [6.07, 6.45) is 1.38. The number of ketones is 1. The maximum absolute atomic E-state index is 11.2. The Balaban J connectivity index is 2.27. The molecule has 0 aliphatic rings. The van der Waals surface area contributed by atoms with Crippen LogP contribution in [0.2, 0.25) is 0 Å².